The number of benzene rings is 1. The van der Waals surface area contributed by atoms with E-state index in [-0.39, 0.29) is 35.4 Å². The Labute approximate surface area is 253 Å². The Balaban J connectivity index is 1.47. The summed E-state index contributed by atoms with van der Waals surface area (Å²) < 4.78 is 50.6. The number of piperidine rings is 1. The molecule has 234 valence electrons. The third-order valence-electron chi connectivity index (χ3n) is 7.28. The molecule has 1 N–H and O–H groups in total. The Kier molecular flexibility index (Phi) is 10.5. The number of pyridine rings is 1. The fourth-order valence-corrected chi connectivity index (χ4v) is 5.54. The zero-order valence-corrected chi connectivity index (χ0v) is 25.9. The van der Waals surface area contributed by atoms with E-state index in [1.54, 1.807) is 25.8 Å². The number of fused-ring (bicyclic) bond motifs is 1. The van der Waals surface area contributed by atoms with Crippen LogP contribution in [0.2, 0.25) is 0 Å². The number of ether oxygens (including phenoxy) is 1. The van der Waals surface area contributed by atoms with E-state index >= 15 is 0 Å². The largest absolute Gasteiger partial charge is 0.760 e. The zero-order chi connectivity index (χ0) is 31.3. The van der Waals surface area contributed by atoms with Crippen molar-refractivity contribution in [1.82, 2.24) is 19.7 Å². The molecule has 0 aliphatic carbocycles. The average Bonchev–Trinajstić information content (AvgIpc) is 3.32. The second kappa shape index (κ2) is 13.9. The van der Waals surface area contributed by atoms with Crippen LogP contribution in [0.1, 0.15) is 68.6 Å². The fraction of sp³-hybridized carbons (Fsp3) is 0.500. The lowest BCUT2D eigenvalue weighted by atomic mass is 9.94. The number of nitrogens with zero attached hydrogens (tertiary/aromatic N) is 3. The van der Waals surface area contributed by atoms with Crippen LogP contribution < -0.4 is 5.32 Å². The first kappa shape index (κ1) is 32.5. The van der Waals surface area contributed by atoms with Gasteiger partial charge >= 0.3 is 6.16 Å². The smallest absolute Gasteiger partial charge is 0.528 e. The van der Waals surface area contributed by atoms with Gasteiger partial charge in [-0.25, -0.2) is 18.5 Å². The van der Waals surface area contributed by atoms with Gasteiger partial charge in [0.15, 0.2) is 0 Å². The van der Waals surface area contributed by atoms with E-state index in [4.69, 9.17) is 14.0 Å². The van der Waals surface area contributed by atoms with Crippen LogP contribution in [0, 0.1) is 11.7 Å². The molecule has 0 spiro atoms. The highest BCUT2D eigenvalue weighted by molar-refractivity contribution is 7.76. The van der Waals surface area contributed by atoms with Gasteiger partial charge in [-0.15, -0.1) is 5.06 Å². The lowest BCUT2D eigenvalue weighted by Crippen LogP contribution is -2.38. The molecule has 11 nitrogen and oxygen atoms in total. The lowest BCUT2D eigenvalue weighted by Gasteiger charge is -2.32. The Morgan fingerprint density at radius 1 is 1.23 bits per heavy atom. The third-order valence-corrected chi connectivity index (χ3v) is 8.02. The van der Waals surface area contributed by atoms with Gasteiger partial charge in [-0.1, -0.05) is 6.92 Å². The summed E-state index contributed by atoms with van der Waals surface area (Å²) in [5, 5.41) is 4.70. The molecule has 0 bridgehead atoms. The van der Waals surface area contributed by atoms with E-state index in [0.29, 0.717) is 49.1 Å². The molecule has 1 unspecified atom stereocenters. The van der Waals surface area contributed by atoms with Crippen molar-refractivity contribution in [2.45, 2.75) is 65.5 Å². The second-order valence-electron chi connectivity index (χ2n) is 11.5. The van der Waals surface area contributed by atoms with Crippen LogP contribution in [0.4, 0.5) is 9.18 Å². The van der Waals surface area contributed by atoms with Gasteiger partial charge in [0.2, 0.25) is 5.71 Å². The third kappa shape index (κ3) is 8.37. The van der Waals surface area contributed by atoms with Gasteiger partial charge < -0.3 is 23.9 Å². The molecule has 3 aromatic rings. The van der Waals surface area contributed by atoms with Crippen molar-refractivity contribution in [3.63, 3.8) is 0 Å². The molecule has 1 fully saturated rings. The van der Waals surface area contributed by atoms with E-state index in [2.05, 4.69) is 10.3 Å². The topological polar surface area (TPSA) is 137 Å². The number of hydroxylamine groups is 2. The number of aromatic nitrogens is 1. The van der Waals surface area contributed by atoms with Crippen molar-refractivity contribution >= 4 is 34.4 Å². The highest BCUT2D eigenvalue weighted by Gasteiger charge is 2.27. The Morgan fingerprint density at radius 2 is 1.91 bits per heavy atom. The van der Waals surface area contributed by atoms with Gasteiger partial charge in [-0.05, 0) is 88.3 Å². The molecule has 1 amide bonds. The molecule has 1 aliphatic rings. The molecule has 0 saturated carbocycles. The standard InChI is InChI=1S/C30H39FN4O7S/c1-6-20-17-23-25(27(36)32-5)26(21-7-9-22(31)10-8-21)40-28(23)33-24(20)18-35(43(38)39)16-13-19-11-14-34(15-12-19)42-29(37)41-30(2,3)4/h7-10,17,19H,6,11-16,18H2,1-5H3,(H,32,36)(H,38,39)/p-1. The van der Waals surface area contributed by atoms with Crippen LogP contribution in [0.5, 0.6) is 0 Å². The number of amides is 1. The number of carbonyl (C=O) groups excluding carboxylic acids is 2. The van der Waals surface area contributed by atoms with Crippen LogP contribution in [0.15, 0.2) is 34.7 Å². The fourth-order valence-electron chi connectivity index (χ4n) is 5.06. The molecule has 3 heterocycles. The van der Waals surface area contributed by atoms with Crippen LogP contribution in [0.25, 0.3) is 22.4 Å². The number of carbonyl (C=O) groups is 2. The summed E-state index contributed by atoms with van der Waals surface area (Å²) in [4.78, 5) is 34.8. The number of nitrogens with one attached hydrogen (secondary N) is 1. The second-order valence-corrected chi connectivity index (χ2v) is 12.4. The predicted octanol–water partition coefficient (Wildman–Crippen LogP) is 5.12. The quantitative estimate of drug-likeness (QED) is 0.243. The number of furan rings is 1. The van der Waals surface area contributed by atoms with Gasteiger partial charge in [0.25, 0.3) is 5.91 Å². The summed E-state index contributed by atoms with van der Waals surface area (Å²) in [5.41, 5.74) is 1.67. The monoisotopic (exact) mass is 617 g/mol. The minimum atomic E-state index is -2.50. The maximum Gasteiger partial charge on any atom is 0.528 e. The highest BCUT2D eigenvalue weighted by atomic mass is 32.2. The van der Waals surface area contributed by atoms with Gasteiger partial charge in [0, 0.05) is 43.5 Å². The summed E-state index contributed by atoms with van der Waals surface area (Å²) in [6.07, 6.45) is 1.94. The van der Waals surface area contributed by atoms with E-state index in [9.17, 15) is 22.7 Å². The van der Waals surface area contributed by atoms with Crippen LogP contribution >= 0.6 is 0 Å². The predicted molar refractivity (Wildman–Crippen MR) is 158 cm³/mol. The van der Waals surface area contributed by atoms with E-state index in [1.165, 1.54) is 35.6 Å². The summed E-state index contributed by atoms with van der Waals surface area (Å²) in [6, 6.07) is 7.43. The first-order valence-corrected chi connectivity index (χ1v) is 15.3. The summed E-state index contributed by atoms with van der Waals surface area (Å²) >= 11 is -2.50. The van der Waals surface area contributed by atoms with Crippen LogP contribution in [-0.2, 0) is 33.8 Å². The molecule has 2 aromatic heterocycles. The molecule has 1 aromatic carbocycles. The van der Waals surface area contributed by atoms with Crippen molar-refractivity contribution in [2.24, 2.45) is 5.92 Å². The molecular weight excluding hydrogens is 579 g/mol. The number of aryl methyl sites for hydroxylation is 1. The SMILES string of the molecule is CCc1cc2c(C(=O)NC)c(-c3ccc(F)cc3)oc2nc1CN(CCC1CCN(OC(=O)OC(C)(C)C)CC1)S(=O)[O-]. The minimum Gasteiger partial charge on any atom is -0.760 e. The molecule has 13 heteroatoms. The number of rotatable bonds is 10. The number of halogens is 1. The molecule has 0 radical (unpaired) electrons. The number of hydrogen-bond acceptors (Lipinski definition) is 9. The van der Waals surface area contributed by atoms with E-state index < -0.39 is 28.8 Å². The Hall–Kier alpha value is -3.39. The van der Waals surface area contributed by atoms with Crippen molar-refractivity contribution in [3.8, 4) is 11.3 Å². The molecular formula is C30H38FN4O7S-. The zero-order valence-electron chi connectivity index (χ0n) is 25.1. The highest BCUT2D eigenvalue weighted by Crippen LogP contribution is 2.34. The summed E-state index contributed by atoms with van der Waals surface area (Å²) in [6.45, 7) is 8.63. The molecule has 1 aliphatic heterocycles. The molecule has 4 rings (SSSR count). The van der Waals surface area contributed by atoms with E-state index in [1.807, 2.05) is 13.0 Å². The normalized spacial score (nSPS) is 15.5. The van der Waals surface area contributed by atoms with Gasteiger partial charge in [-0.2, -0.15) is 0 Å². The molecule has 1 atom stereocenters. The first-order chi connectivity index (χ1) is 20.4. The van der Waals surface area contributed by atoms with Crippen LogP contribution in [-0.4, -0.2) is 67.5 Å². The minimum absolute atomic E-state index is 0.0394. The van der Waals surface area contributed by atoms with Gasteiger partial charge in [-0.3, -0.25) is 9.00 Å². The van der Waals surface area contributed by atoms with Crippen molar-refractivity contribution < 1.29 is 36.7 Å². The summed E-state index contributed by atoms with van der Waals surface area (Å²) in [7, 11) is 1.51. The average molecular weight is 618 g/mol. The van der Waals surface area contributed by atoms with Crippen molar-refractivity contribution in [1.29, 1.82) is 0 Å². The van der Waals surface area contributed by atoms with E-state index in [0.717, 1.165) is 18.4 Å². The molecule has 1 saturated heterocycles. The Bertz CT molecular complexity index is 1460. The Morgan fingerprint density at radius 3 is 2.49 bits per heavy atom. The van der Waals surface area contributed by atoms with Crippen LogP contribution in [0.3, 0.4) is 0 Å². The van der Waals surface area contributed by atoms with Crippen molar-refractivity contribution in [2.75, 3.05) is 26.7 Å². The van der Waals surface area contributed by atoms with Crippen molar-refractivity contribution in [3.05, 3.63) is 53.0 Å². The molecule has 43 heavy (non-hydrogen) atoms. The first-order valence-electron chi connectivity index (χ1n) is 14.3. The maximum absolute atomic E-state index is 13.6. The number of hydrogen-bond donors (Lipinski definition) is 1. The maximum atomic E-state index is 13.6. The summed E-state index contributed by atoms with van der Waals surface area (Å²) in [5.74, 6) is -0.281. The van der Waals surface area contributed by atoms with Gasteiger partial charge in [0.1, 0.15) is 17.2 Å². The lowest BCUT2D eigenvalue weighted by molar-refractivity contribution is -0.155. The van der Waals surface area contributed by atoms with Gasteiger partial charge in [0.05, 0.1) is 23.2 Å².